The summed E-state index contributed by atoms with van der Waals surface area (Å²) in [5.41, 5.74) is 2.43. The number of pyridine rings is 1. The highest BCUT2D eigenvalue weighted by molar-refractivity contribution is 6.04. The number of rotatable bonds is 3. The monoisotopic (exact) mass is 325 g/mol. The molecule has 6 heteroatoms. The van der Waals surface area contributed by atoms with Crippen LogP contribution in [0.15, 0.2) is 42.6 Å². The molecule has 2 heterocycles. The lowest BCUT2D eigenvalue weighted by Gasteiger charge is -2.26. The van der Waals surface area contributed by atoms with Crippen LogP contribution in [0.3, 0.4) is 0 Å². The molecule has 1 fully saturated rings. The third-order valence-corrected chi connectivity index (χ3v) is 3.81. The number of ether oxygens (including phenoxy) is 1. The molecule has 1 saturated heterocycles. The summed E-state index contributed by atoms with van der Waals surface area (Å²) < 4.78 is 5.25. The van der Waals surface area contributed by atoms with Crippen LogP contribution in [0.5, 0.6) is 0 Å². The van der Waals surface area contributed by atoms with Crippen molar-refractivity contribution >= 4 is 17.5 Å². The van der Waals surface area contributed by atoms with Crippen LogP contribution in [0.1, 0.15) is 26.4 Å². The van der Waals surface area contributed by atoms with Gasteiger partial charge in [0, 0.05) is 30.5 Å². The van der Waals surface area contributed by atoms with E-state index in [4.69, 9.17) is 4.74 Å². The van der Waals surface area contributed by atoms with Crippen LogP contribution in [0, 0.1) is 6.92 Å². The standard InChI is InChI=1S/C18H19N3O3/c1-13-3-2-4-15(11-13)20-17(22)16-12-14(5-6-19-16)18(23)21-7-9-24-10-8-21/h2-6,11-12H,7-10H2,1H3,(H,20,22). The van der Waals surface area contributed by atoms with E-state index in [1.807, 2.05) is 31.2 Å². The Morgan fingerprint density at radius 2 is 1.96 bits per heavy atom. The minimum Gasteiger partial charge on any atom is -0.378 e. The Kier molecular flexibility index (Phi) is 4.86. The summed E-state index contributed by atoms with van der Waals surface area (Å²) in [6.07, 6.45) is 1.48. The van der Waals surface area contributed by atoms with Crippen molar-refractivity contribution in [1.29, 1.82) is 0 Å². The highest BCUT2D eigenvalue weighted by Gasteiger charge is 2.20. The van der Waals surface area contributed by atoms with Crippen molar-refractivity contribution in [2.75, 3.05) is 31.6 Å². The normalized spacial score (nSPS) is 14.3. The number of anilines is 1. The summed E-state index contributed by atoms with van der Waals surface area (Å²) in [7, 11) is 0. The van der Waals surface area contributed by atoms with Gasteiger partial charge in [0.2, 0.25) is 0 Å². The summed E-state index contributed by atoms with van der Waals surface area (Å²) in [6, 6.07) is 10.7. The quantitative estimate of drug-likeness (QED) is 0.938. The van der Waals surface area contributed by atoms with Crippen LogP contribution in [0.4, 0.5) is 5.69 Å². The van der Waals surface area contributed by atoms with Crippen molar-refractivity contribution in [3.63, 3.8) is 0 Å². The minimum absolute atomic E-state index is 0.106. The van der Waals surface area contributed by atoms with Crippen LogP contribution in [0.25, 0.3) is 0 Å². The summed E-state index contributed by atoms with van der Waals surface area (Å²) in [6.45, 7) is 4.16. The summed E-state index contributed by atoms with van der Waals surface area (Å²) in [5, 5.41) is 2.80. The Morgan fingerprint density at radius 1 is 1.17 bits per heavy atom. The number of aromatic nitrogens is 1. The van der Waals surface area contributed by atoms with Crippen molar-refractivity contribution < 1.29 is 14.3 Å². The maximum absolute atomic E-state index is 12.5. The molecule has 124 valence electrons. The van der Waals surface area contributed by atoms with Gasteiger partial charge in [-0.2, -0.15) is 0 Å². The van der Waals surface area contributed by atoms with Gasteiger partial charge < -0.3 is 15.0 Å². The average molecular weight is 325 g/mol. The van der Waals surface area contributed by atoms with Gasteiger partial charge in [0.15, 0.2) is 0 Å². The zero-order chi connectivity index (χ0) is 16.9. The Bertz CT molecular complexity index is 755. The van der Waals surface area contributed by atoms with Crippen molar-refractivity contribution in [3.8, 4) is 0 Å². The van der Waals surface area contributed by atoms with E-state index in [0.717, 1.165) is 5.56 Å². The van der Waals surface area contributed by atoms with Gasteiger partial charge >= 0.3 is 0 Å². The molecule has 0 spiro atoms. The van der Waals surface area contributed by atoms with Gasteiger partial charge in [0.25, 0.3) is 11.8 Å². The van der Waals surface area contributed by atoms with E-state index in [2.05, 4.69) is 10.3 Å². The minimum atomic E-state index is -0.336. The number of amides is 2. The summed E-state index contributed by atoms with van der Waals surface area (Å²) >= 11 is 0. The fraction of sp³-hybridized carbons (Fsp3) is 0.278. The van der Waals surface area contributed by atoms with Crippen molar-refractivity contribution in [2.45, 2.75) is 6.92 Å². The van der Waals surface area contributed by atoms with E-state index in [9.17, 15) is 9.59 Å². The van der Waals surface area contributed by atoms with Crippen molar-refractivity contribution in [1.82, 2.24) is 9.88 Å². The molecule has 1 aromatic carbocycles. The van der Waals surface area contributed by atoms with Gasteiger partial charge in [-0.15, -0.1) is 0 Å². The maximum atomic E-state index is 12.5. The molecule has 0 saturated carbocycles. The molecule has 0 unspecified atom stereocenters. The van der Waals surface area contributed by atoms with E-state index in [1.54, 1.807) is 11.0 Å². The zero-order valence-corrected chi connectivity index (χ0v) is 13.5. The SMILES string of the molecule is Cc1cccc(NC(=O)c2cc(C(=O)N3CCOCC3)ccn2)c1. The second-order valence-corrected chi connectivity index (χ2v) is 5.66. The first-order chi connectivity index (χ1) is 11.6. The molecule has 2 aromatic rings. The Hall–Kier alpha value is -2.73. The Labute approximate surface area is 140 Å². The molecule has 6 nitrogen and oxygen atoms in total. The lowest BCUT2D eigenvalue weighted by molar-refractivity contribution is 0.0303. The fourth-order valence-electron chi connectivity index (χ4n) is 2.55. The van der Waals surface area contributed by atoms with Crippen molar-refractivity contribution in [3.05, 3.63) is 59.4 Å². The third-order valence-electron chi connectivity index (χ3n) is 3.81. The predicted octanol–water partition coefficient (Wildman–Crippen LogP) is 2.11. The zero-order valence-electron chi connectivity index (χ0n) is 13.5. The molecule has 0 atom stereocenters. The van der Waals surface area contributed by atoms with E-state index in [1.165, 1.54) is 12.3 Å². The second kappa shape index (κ2) is 7.23. The number of nitrogens with one attached hydrogen (secondary N) is 1. The smallest absolute Gasteiger partial charge is 0.274 e. The lowest BCUT2D eigenvalue weighted by atomic mass is 10.1. The average Bonchev–Trinajstić information content (AvgIpc) is 2.62. The second-order valence-electron chi connectivity index (χ2n) is 5.66. The van der Waals surface area contributed by atoms with Gasteiger partial charge in [0.05, 0.1) is 13.2 Å². The molecule has 2 amide bonds. The molecule has 3 rings (SSSR count). The van der Waals surface area contributed by atoms with Crippen LogP contribution in [-0.2, 0) is 4.74 Å². The number of benzene rings is 1. The number of hydrogen-bond acceptors (Lipinski definition) is 4. The van der Waals surface area contributed by atoms with Crippen LogP contribution in [-0.4, -0.2) is 48.0 Å². The van der Waals surface area contributed by atoms with E-state index < -0.39 is 0 Å². The highest BCUT2D eigenvalue weighted by Crippen LogP contribution is 2.13. The molecule has 1 N–H and O–H groups in total. The van der Waals surface area contributed by atoms with Crippen molar-refractivity contribution in [2.24, 2.45) is 0 Å². The van der Waals surface area contributed by atoms with E-state index >= 15 is 0 Å². The molecule has 0 bridgehead atoms. The van der Waals surface area contributed by atoms with E-state index in [-0.39, 0.29) is 17.5 Å². The van der Waals surface area contributed by atoms with Gasteiger partial charge in [-0.05, 0) is 36.8 Å². The number of carbonyl (C=O) groups is 2. The maximum Gasteiger partial charge on any atom is 0.274 e. The first kappa shape index (κ1) is 16.1. The lowest BCUT2D eigenvalue weighted by Crippen LogP contribution is -2.40. The van der Waals surface area contributed by atoms with Gasteiger partial charge in [-0.3, -0.25) is 14.6 Å². The molecule has 0 aliphatic carbocycles. The summed E-state index contributed by atoms with van der Waals surface area (Å²) in [5.74, 6) is -0.442. The number of morpholine rings is 1. The predicted molar refractivity (Wildman–Crippen MR) is 90.1 cm³/mol. The first-order valence-electron chi connectivity index (χ1n) is 7.84. The third kappa shape index (κ3) is 3.78. The fourth-order valence-corrected chi connectivity index (χ4v) is 2.55. The number of carbonyl (C=O) groups excluding carboxylic acids is 2. The molecular formula is C18H19N3O3. The largest absolute Gasteiger partial charge is 0.378 e. The number of hydrogen-bond donors (Lipinski definition) is 1. The molecule has 1 aromatic heterocycles. The van der Waals surface area contributed by atoms with Crippen LogP contribution < -0.4 is 5.32 Å². The Morgan fingerprint density at radius 3 is 2.71 bits per heavy atom. The van der Waals surface area contributed by atoms with Crippen LogP contribution in [0.2, 0.25) is 0 Å². The molecule has 24 heavy (non-hydrogen) atoms. The Balaban J connectivity index is 1.74. The van der Waals surface area contributed by atoms with Gasteiger partial charge in [-0.25, -0.2) is 0 Å². The molecule has 1 aliphatic rings. The molecule has 1 aliphatic heterocycles. The van der Waals surface area contributed by atoms with Gasteiger partial charge in [-0.1, -0.05) is 12.1 Å². The van der Waals surface area contributed by atoms with E-state index in [0.29, 0.717) is 37.6 Å². The van der Waals surface area contributed by atoms with Gasteiger partial charge in [0.1, 0.15) is 5.69 Å². The molecular weight excluding hydrogens is 306 g/mol. The topological polar surface area (TPSA) is 71.5 Å². The highest BCUT2D eigenvalue weighted by atomic mass is 16.5. The number of aryl methyl sites for hydroxylation is 1. The first-order valence-corrected chi connectivity index (χ1v) is 7.84. The van der Waals surface area contributed by atoms with Crippen LogP contribution >= 0.6 is 0 Å². The molecule has 0 radical (unpaired) electrons. The summed E-state index contributed by atoms with van der Waals surface area (Å²) in [4.78, 5) is 30.6. The number of nitrogens with zero attached hydrogens (tertiary/aromatic N) is 2.